The second-order valence-corrected chi connectivity index (χ2v) is 6.99. The van der Waals surface area contributed by atoms with E-state index < -0.39 is 35.1 Å². The molecule has 132 valence electrons. The summed E-state index contributed by atoms with van der Waals surface area (Å²) in [5.41, 5.74) is 0.354. The Morgan fingerprint density at radius 3 is 2.64 bits per heavy atom. The fourth-order valence-electron chi connectivity index (χ4n) is 1.98. The molecule has 0 aliphatic carbocycles. The maximum atomic E-state index is 13.0. The summed E-state index contributed by atoms with van der Waals surface area (Å²) in [5, 5.41) is 2.45. The first-order valence-electron chi connectivity index (χ1n) is 7.31. The first-order chi connectivity index (χ1) is 11.9. The van der Waals surface area contributed by atoms with Gasteiger partial charge in [0.25, 0.3) is 5.91 Å². The third kappa shape index (κ3) is 5.11. The number of anilines is 1. The zero-order valence-corrected chi connectivity index (χ0v) is 14.8. The largest absolute Gasteiger partial charge is 0.452 e. The first kappa shape index (κ1) is 19.1. The van der Waals surface area contributed by atoms with Gasteiger partial charge in [0.1, 0.15) is 5.82 Å². The Balaban J connectivity index is 2.00. The molecule has 5 nitrogen and oxygen atoms in total. The lowest BCUT2D eigenvalue weighted by Crippen LogP contribution is -2.21. The van der Waals surface area contributed by atoms with Crippen LogP contribution in [0.25, 0.3) is 0 Å². The molecule has 0 aromatic heterocycles. The van der Waals surface area contributed by atoms with Crippen molar-refractivity contribution in [2.75, 3.05) is 17.7 Å². The van der Waals surface area contributed by atoms with E-state index in [9.17, 15) is 18.2 Å². The lowest BCUT2D eigenvalue weighted by molar-refractivity contribution is -0.119. The Hall–Kier alpha value is -2.25. The molecule has 25 heavy (non-hydrogen) atoms. The van der Waals surface area contributed by atoms with Crippen molar-refractivity contribution >= 4 is 40.0 Å². The number of halogens is 2. The van der Waals surface area contributed by atoms with Crippen molar-refractivity contribution in [2.24, 2.45) is 0 Å². The Bertz CT molecular complexity index is 828. The second-order valence-electron chi connectivity index (χ2n) is 4.88. The van der Waals surface area contributed by atoms with Crippen LogP contribution in [-0.4, -0.2) is 28.4 Å². The van der Waals surface area contributed by atoms with Crippen molar-refractivity contribution in [3.05, 3.63) is 58.9 Å². The highest BCUT2D eigenvalue weighted by Crippen LogP contribution is 2.22. The Morgan fingerprint density at radius 2 is 1.96 bits per heavy atom. The number of carbonyl (C=O) groups excluding carboxylic acids is 2. The maximum Gasteiger partial charge on any atom is 0.339 e. The molecule has 0 spiro atoms. The van der Waals surface area contributed by atoms with Gasteiger partial charge in [0.15, 0.2) is 6.61 Å². The number of ether oxygens (including phenoxy) is 1. The summed E-state index contributed by atoms with van der Waals surface area (Å²) < 4.78 is 29.9. The van der Waals surface area contributed by atoms with Gasteiger partial charge in [0, 0.05) is 5.75 Å². The molecule has 1 amide bonds. The second kappa shape index (κ2) is 8.73. The van der Waals surface area contributed by atoms with E-state index in [1.807, 2.05) is 0 Å². The van der Waals surface area contributed by atoms with E-state index in [0.29, 0.717) is 10.6 Å². The molecule has 0 fully saturated rings. The number of rotatable bonds is 6. The van der Waals surface area contributed by atoms with E-state index in [2.05, 4.69) is 5.32 Å². The summed E-state index contributed by atoms with van der Waals surface area (Å²) in [6.07, 6.45) is 0. The van der Waals surface area contributed by atoms with E-state index in [0.717, 1.165) is 12.1 Å². The van der Waals surface area contributed by atoms with Crippen molar-refractivity contribution in [3.8, 4) is 0 Å². The van der Waals surface area contributed by atoms with E-state index in [-0.39, 0.29) is 16.3 Å². The Morgan fingerprint density at radius 1 is 1.24 bits per heavy atom. The highest BCUT2D eigenvalue weighted by atomic mass is 35.5. The van der Waals surface area contributed by atoms with Gasteiger partial charge < -0.3 is 10.1 Å². The summed E-state index contributed by atoms with van der Waals surface area (Å²) in [5.74, 6) is -1.56. The topological polar surface area (TPSA) is 72.5 Å². The van der Waals surface area contributed by atoms with E-state index in [4.69, 9.17) is 16.3 Å². The standard InChI is InChI=1S/C17H15ClFNO4S/c1-2-25(23)15-6-4-3-5-12(15)17(22)24-10-16(21)20-14-8-7-11(19)9-13(14)18/h3-9H,2,10H2,1H3,(H,20,21)/t25-/m1/s1. The van der Waals surface area contributed by atoms with Crippen molar-refractivity contribution in [3.63, 3.8) is 0 Å². The molecule has 0 unspecified atom stereocenters. The fourth-order valence-corrected chi connectivity index (χ4v) is 3.13. The van der Waals surface area contributed by atoms with E-state index in [1.54, 1.807) is 25.1 Å². The van der Waals surface area contributed by atoms with Crippen LogP contribution in [0.15, 0.2) is 47.4 Å². The number of hydrogen-bond donors (Lipinski definition) is 1. The van der Waals surface area contributed by atoms with Gasteiger partial charge >= 0.3 is 5.97 Å². The molecule has 0 aliphatic rings. The minimum atomic E-state index is -1.33. The zero-order valence-electron chi connectivity index (χ0n) is 13.3. The molecule has 2 aromatic carbocycles. The molecule has 0 heterocycles. The Kier molecular flexibility index (Phi) is 6.66. The average Bonchev–Trinajstić information content (AvgIpc) is 2.61. The number of hydrogen-bond acceptors (Lipinski definition) is 4. The van der Waals surface area contributed by atoms with Gasteiger partial charge in [-0.15, -0.1) is 0 Å². The molecule has 0 saturated heterocycles. The first-order valence-corrected chi connectivity index (χ1v) is 9.01. The number of carbonyl (C=O) groups is 2. The predicted molar refractivity (Wildman–Crippen MR) is 93.7 cm³/mol. The number of nitrogens with one attached hydrogen (secondary N) is 1. The van der Waals surface area contributed by atoms with Crippen molar-refractivity contribution < 1.29 is 22.9 Å². The summed E-state index contributed by atoms with van der Waals surface area (Å²) in [7, 11) is -1.33. The molecular weight excluding hydrogens is 369 g/mol. The molecule has 0 saturated carbocycles. The highest BCUT2D eigenvalue weighted by Gasteiger charge is 2.17. The molecule has 1 atom stereocenters. The third-order valence-electron chi connectivity index (χ3n) is 3.15. The smallest absolute Gasteiger partial charge is 0.339 e. The SMILES string of the molecule is CC[S@@](=O)c1ccccc1C(=O)OCC(=O)Nc1ccc(F)cc1Cl. The van der Waals surface area contributed by atoms with Crippen LogP contribution in [0.4, 0.5) is 10.1 Å². The third-order valence-corrected chi connectivity index (χ3v) is 4.84. The molecule has 0 radical (unpaired) electrons. The van der Waals surface area contributed by atoms with Crippen molar-refractivity contribution in [2.45, 2.75) is 11.8 Å². The lowest BCUT2D eigenvalue weighted by Gasteiger charge is -2.10. The summed E-state index contributed by atoms with van der Waals surface area (Å²) >= 11 is 5.81. The van der Waals surface area contributed by atoms with Crippen molar-refractivity contribution in [1.29, 1.82) is 0 Å². The van der Waals surface area contributed by atoms with Gasteiger partial charge in [0.2, 0.25) is 0 Å². The van der Waals surface area contributed by atoms with Crippen LogP contribution in [-0.2, 0) is 20.3 Å². The summed E-state index contributed by atoms with van der Waals surface area (Å²) in [6, 6.07) is 9.85. The van der Waals surface area contributed by atoms with Crippen molar-refractivity contribution in [1.82, 2.24) is 0 Å². The van der Waals surface area contributed by atoms with Gasteiger partial charge in [-0.25, -0.2) is 9.18 Å². The number of benzene rings is 2. The minimum absolute atomic E-state index is 0.0309. The Labute approximate surface area is 151 Å². The highest BCUT2D eigenvalue weighted by molar-refractivity contribution is 7.85. The normalized spacial score (nSPS) is 11.6. The van der Waals surface area contributed by atoms with Crippen LogP contribution >= 0.6 is 11.6 Å². The van der Waals surface area contributed by atoms with Gasteiger partial charge in [0.05, 0.1) is 32.0 Å². The fraction of sp³-hybridized carbons (Fsp3) is 0.176. The van der Waals surface area contributed by atoms with Gasteiger partial charge in [-0.1, -0.05) is 30.7 Å². The number of amides is 1. The molecule has 0 aliphatic heterocycles. The van der Waals surface area contributed by atoms with Crippen LogP contribution in [0, 0.1) is 5.82 Å². The van der Waals surface area contributed by atoms with Crippen LogP contribution in [0.1, 0.15) is 17.3 Å². The van der Waals surface area contributed by atoms with Gasteiger partial charge in [-0.2, -0.15) is 0 Å². The number of esters is 1. The molecule has 1 N–H and O–H groups in total. The molecule has 0 bridgehead atoms. The lowest BCUT2D eigenvalue weighted by atomic mass is 10.2. The molecule has 8 heteroatoms. The van der Waals surface area contributed by atoms with Crippen LogP contribution in [0.2, 0.25) is 5.02 Å². The van der Waals surface area contributed by atoms with Crippen LogP contribution in [0.5, 0.6) is 0 Å². The predicted octanol–water partition coefficient (Wildman–Crippen LogP) is 3.40. The van der Waals surface area contributed by atoms with E-state index >= 15 is 0 Å². The van der Waals surface area contributed by atoms with Gasteiger partial charge in [-0.3, -0.25) is 9.00 Å². The molecular formula is C17H15ClFNO4S. The molecule has 2 rings (SSSR count). The van der Waals surface area contributed by atoms with E-state index in [1.165, 1.54) is 12.1 Å². The maximum absolute atomic E-state index is 13.0. The van der Waals surface area contributed by atoms with Gasteiger partial charge in [-0.05, 0) is 30.3 Å². The molecule has 2 aromatic rings. The van der Waals surface area contributed by atoms with Crippen LogP contribution in [0.3, 0.4) is 0 Å². The average molecular weight is 384 g/mol. The quantitative estimate of drug-likeness (QED) is 0.776. The summed E-state index contributed by atoms with van der Waals surface area (Å²) in [6.45, 7) is 1.18. The monoisotopic (exact) mass is 383 g/mol. The van der Waals surface area contributed by atoms with Crippen LogP contribution < -0.4 is 5.32 Å². The minimum Gasteiger partial charge on any atom is -0.452 e. The summed E-state index contributed by atoms with van der Waals surface area (Å²) in [4.78, 5) is 24.4. The zero-order chi connectivity index (χ0) is 18.4.